The number of hydrogen-bond acceptors (Lipinski definition) is 2. The first-order valence-electron chi connectivity index (χ1n) is 6.18. The minimum Gasteiger partial charge on any atom is -0.353 e. The number of carbonyl (C=O) groups is 1. The summed E-state index contributed by atoms with van der Waals surface area (Å²) in [5.41, 5.74) is 0.946. The molecule has 0 spiro atoms. The highest BCUT2D eigenvalue weighted by Gasteiger charge is 2.36. The summed E-state index contributed by atoms with van der Waals surface area (Å²) in [6.07, 6.45) is 0.998. The van der Waals surface area contributed by atoms with Crippen LogP contribution in [0.15, 0.2) is 30.3 Å². The van der Waals surface area contributed by atoms with E-state index in [1.54, 1.807) is 0 Å². The quantitative estimate of drug-likeness (QED) is 0.855. The lowest BCUT2D eigenvalue weighted by atomic mass is 9.98. The van der Waals surface area contributed by atoms with Crippen LogP contribution in [0.3, 0.4) is 0 Å². The Balaban J connectivity index is 1.97. The summed E-state index contributed by atoms with van der Waals surface area (Å²) in [7, 11) is 0. The third kappa shape index (κ3) is 2.67. The van der Waals surface area contributed by atoms with Gasteiger partial charge in [-0.25, -0.2) is 0 Å². The number of benzene rings is 1. The van der Waals surface area contributed by atoms with E-state index >= 15 is 0 Å². The molecule has 17 heavy (non-hydrogen) atoms. The van der Waals surface area contributed by atoms with E-state index in [0.717, 1.165) is 26.1 Å². The van der Waals surface area contributed by atoms with Crippen molar-refractivity contribution in [3.63, 3.8) is 0 Å². The lowest BCUT2D eigenvalue weighted by Crippen LogP contribution is -2.62. The van der Waals surface area contributed by atoms with Crippen molar-refractivity contribution >= 4 is 5.91 Å². The molecule has 1 aromatic carbocycles. The molecule has 0 atom stereocenters. The van der Waals surface area contributed by atoms with Crippen LogP contribution < -0.4 is 5.32 Å². The Hall–Kier alpha value is -1.35. The molecule has 92 valence electrons. The topological polar surface area (TPSA) is 32.3 Å². The van der Waals surface area contributed by atoms with E-state index in [4.69, 9.17) is 0 Å². The molecular formula is C14H20N2O. The van der Waals surface area contributed by atoms with Crippen molar-refractivity contribution in [3.8, 4) is 0 Å². The maximum absolute atomic E-state index is 11.8. The van der Waals surface area contributed by atoms with E-state index in [2.05, 4.69) is 34.5 Å². The molecule has 1 aliphatic heterocycles. The average molecular weight is 232 g/mol. The number of nitrogens with one attached hydrogen (secondary N) is 1. The van der Waals surface area contributed by atoms with Gasteiger partial charge in [0.05, 0.1) is 5.54 Å². The number of carbonyl (C=O) groups excluding carboxylic acids is 1. The molecule has 1 fully saturated rings. The van der Waals surface area contributed by atoms with Crippen LogP contribution in [0.5, 0.6) is 0 Å². The number of nitrogens with zero attached hydrogens (tertiary/aromatic N) is 1. The van der Waals surface area contributed by atoms with Crippen LogP contribution in [-0.4, -0.2) is 36.0 Å². The highest BCUT2D eigenvalue weighted by molar-refractivity contribution is 5.86. The first-order valence-corrected chi connectivity index (χ1v) is 6.18. The van der Waals surface area contributed by atoms with Crippen molar-refractivity contribution in [3.05, 3.63) is 35.9 Å². The van der Waals surface area contributed by atoms with Crippen molar-refractivity contribution in [2.45, 2.75) is 25.8 Å². The van der Waals surface area contributed by atoms with Gasteiger partial charge >= 0.3 is 0 Å². The van der Waals surface area contributed by atoms with Crippen LogP contribution >= 0.6 is 0 Å². The zero-order valence-corrected chi connectivity index (χ0v) is 10.6. The third-order valence-corrected chi connectivity index (χ3v) is 3.53. The maximum Gasteiger partial charge on any atom is 0.239 e. The Bertz CT molecular complexity index is 386. The minimum absolute atomic E-state index is 0.136. The monoisotopic (exact) mass is 232 g/mol. The molecule has 1 amide bonds. The zero-order valence-electron chi connectivity index (χ0n) is 10.6. The molecular weight excluding hydrogens is 212 g/mol. The van der Waals surface area contributed by atoms with Crippen LogP contribution in [0.25, 0.3) is 0 Å². The van der Waals surface area contributed by atoms with Crippen LogP contribution in [-0.2, 0) is 11.2 Å². The molecule has 2 rings (SSSR count). The molecule has 1 aromatic rings. The fourth-order valence-corrected chi connectivity index (χ4v) is 2.24. The second kappa shape index (κ2) is 4.88. The Morgan fingerprint density at radius 2 is 2.00 bits per heavy atom. The molecule has 3 heteroatoms. The number of hydrogen-bond donors (Lipinski definition) is 1. The molecule has 0 unspecified atom stereocenters. The summed E-state index contributed by atoms with van der Waals surface area (Å²) in [5, 5.41) is 2.92. The van der Waals surface area contributed by atoms with Gasteiger partial charge in [-0.05, 0) is 25.8 Å². The van der Waals surface area contributed by atoms with Crippen LogP contribution in [0.4, 0.5) is 0 Å². The van der Waals surface area contributed by atoms with Crippen molar-refractivity contribution in [2.75, 3.05) is 19.6 Å². The second-order valence-electron chi connectivity index (χ2n) is 5.04. The Morgan fingerprint density at radius 1 is 1.29 bits per heavy atom. The first-order chi connectivity index (χ1) is 8.10. The largest absolute Gasteiger partial charge is 0.353 e. The van der Waals surface area contributed by atoms with Crippen molar-refractivity contribution in [2.24, 2.45) is 0 Å². The molecule has 1 aliphatic rings. The molecule has 0 aromatic heterocycles. The lowest BCUT2D eigenvalue weighted by molar-refractivity contribution is -0.134. The molecule has 1 heterocycles. The first kappa shape index (κ1) is 12.1. The number of amides is 1. The third-order valence-electron chi connectivity index (χ3n) is 3.53. The van der Waals surface area contributed by atoms with E-state index in [0.29, 0.717) is 0 Å². The summed E-state index contributed by atoms with van der Waals surface area (Å²) >= 11 is 0. The fourth-order valence-electron chi connectivity index (χ4n) is 2.24. The highest BCUT2D eigenvalue weighted by atomic mass is 16.2. The van der Waals surface area contributed by atoms with E-state index in [-0.39, 0.29) is 11.4 Å². The van der Waals surface area contributed by atoms with Gasteiger partial charge in [-0.3, -0.25) is 9.69 Å². The lowest BCUT2D eigenvalue weighted by Gasteiger charge is -2.41. The van der Waals surface area contributed by atoms with Gasteiger partial charge in [-0.15, -0.1) is 0 Å². The highest BCUT2D eigenvalue weighted by Crippen LogP contribution is 2.18. The van der Waals surface area contributed by atoms with Crippen LogP contribution in [0.2, 0.25) is 0 Å². The van der Waals surface area contributed by atoms with Gasteiger partial charge in [0.1, 0.15) is 0 Å². The average Bonchev–Trinajstić information content (AvgIpc) is 2.32. The summed E-state index contributed by atoms with van der Waals surface area (Å²) in [5.74, 6) is 0.136. The summed E-state index contributed by atoms with van der Waals surface area (Å²) in [6.45, 7) is 6.62. The molecule has 0 saturated carbocycles. The Morgan fingerprint density at radius 3 is 2.71 bits per heavy atom. The molecule has 0 aliphatic carbocycles. The summed E-state index contributed by atoms with van der Waals surface area (Å²) < 4.78 is 0. The SMILES string of the molecule is CC1(C)C(=O)NCCN1CCc1ccccc1. The second-order valence-corrected chi connectivity index (χ2v) is 5.04. The van der Waals surface area contributed by atoms with Crippen molar-refractivity contribution in [1.82, 2.24) is 10.2 Å². The van der Waals surface area contributed by atoms with Crippen LogP contribution in [0.1, 0.15) is 19.4 Å². The van der Waals surface area contributed by atoms with Gasteiger partial charge in [0, 0.05) is 19.6 Å². The molecule has 1 saturated heterocycles. The predicted molar refractivity (Wildman–Crippen MR) is 68.8 cm³/mol. The van der Waals surface area contributed by atoms with Crippen molar-refractivity contribution in [1.29, 1.82) is 0 Å². The Labute approximate surface area is 103 Å². The standard InChI is InChI=1S/C14H20N2O/c1-14(2)13(17)15-9-11-16(14)10-8-12-6-4-3-5-7-12/h3-7H,8-11H2,1-2H3,(H,15,17). The normalized spacial score (nSPS) is 20.0. The van der Waals surface area contributed by atoms with E-state index in [1.165, 1.54) is 5.56 Å². The van der Waals surface area contributed by atoms with E-state index in [9.17, 15) is 4.79 Å². The minimum atomic E-state index is -0.382. The van der Waals surface area contributed by atoms with Crippen LogP contribution in [0, 0.1) is 0 Å². The van der Waals surface area contributed by atoms with Gasteiger partial charge < -0.3 is 5.32 Å². The van der Waals surface area contributed by atoms with Gasteiger partial charge in [-0.1, -0.05) is 30.3 Å². The van der Waals surface area contributed by atoms with E-state index < -0.39 is 0 Å². The van der Waals surface area contributed by atoms with Crippen molar-refractivity contribution < 1.29 is 4.79 Å². The Kier molecular flexibility index (Phi) is 3.48. The molecule has 3 nitrogen and oxygen atoms in total. The van der Waals surface area contributed by atoms with Gasteiger partial charge in [0.15, 0.2) is 0 Å². The smallest absolute Gasteiger partial charge is 0.239 e. The van der Waals surface area contributed by atoms with Gasteiger partial charge in [-0.2, -0.15) is 0 Å². The maximum atomic E-state index is 11.8. The predicted octanol–water partition coefficient (Wildman–Crippen LogP) is 1.44. The summed E-state index contributed by atoms with van der Waals surface area (Å²) in [4.78, 5) is 14.0. The van der Waals surface area contributed by atoms with Gasteiger partial charge in [0.2, 0.25) is 5.91 Å². The molecule has 0 radical (unpaired) electrons. The summed E-state index contributed by atoms with van der Waals surface area (Å²) in [6, 6.07) is 10.4. The van der Waals surface area contributed by atoms with E-state index in [1.807, 2.05) is 19.9 Å². The number of rotatable bonds is 3. The number of piperazine rings is 1. The zero-order chi connectivity index (χ0) is 12.3. The molecule has 0 bridgehead atoms. The van der Waals surface area contributed by atoms with Gasteiger partial charge in [0.25, 0.3) is 0 Å². The molecule has 1 N–H and O–H groups in total. The fraction of sp³-hybridized carbons (Fsp3) is 0.500.